The zero-order valence-electron chi connectivity index (χ0n) is 12.9. The Hall–Kier alpha value is -1.88. The van der Waals surface area contributed by atoms with E-state index in [0.717, 1.165) is 32.5 Å². The predicted octanol–water partition coefficient (Wildman–Crippen LogP) is 2.82. The predicted molar refractivity (Wildman–Crippen MR) is 83.5 cm³/mol. The number of benzene rings is 1. The van der Waals surface area contributed by atoms with Gasteiger partial charge < -0.3 is 4.74 Å². The first-order valence-corrected chi connectivity index (χ1v) is 7.81. The fourth-order valence-corrected chi connectivity index (χ4v) is 3.08. The Kier molecular flexibility index (Phi) is 4.73. The molecule has 1 aliphatic heterocycles. The van der Waals surface area contributed by atoms with Gasteiger partial charge in [-0.3, -0.25) is 9.58 Å². The van der Waals surface area contributed by atoms with Gasteiger partial charge in [0.15, 0.2) is 11.6 Å². The van der Waals surface area contributed by atoms with Gasteiger partial charge in [-0.1, -0.05) is 12.1 Å². The molecule has 0 aliphatic carbocycles. The van der Waals surface area contributed by atoms with Crippen molar-refractivity contribution in [1.82, 2.24) is 14.7 Å². The molecule has 0 radical (unpaired) electrons. The van der Waals surface area contributed by atoms with Gasteiger partial charge in [-0.05, 0) is 44.1 Å². The van der Waals surface area contributed by atoms with Gasteiger partial charge in [0.1, 0.15) is 6.61 Å². The lowest BCUT2D eigenvalue weighted by atomic mass is 9.93. The van der Waals surface area contributed by atoms with Gasteiger partial charge in [0.2, 0.25) is 0 Å². The summed E-state index contributed by atoms with van der Waals surface area (Å²) in [7, 11) is 2.00. The Labute approximate surface area is 130 Å². The number of para-hydroxylation sites is 1. The van der Waals surface area contributed by atoms with E-state index in [1.54, 1.807) is 18.2 Å². The first-order valence-electron chi connectivity index (χ1n) is 7.81. The summed E-state index contributed by atoms with van der Waals surface area (Å²) in [5.74, 6) is 0.640. The van der Waals surface area contributed by atoms with Crippen molar-refractivity contribution in [2.75, 3.05) is 26.2 Å². The second-order valence-electron chi connectivity index (χ2n) is 5.77. The lowest BCUT2D eigenvalue weighted by molar-refractivity contribution is 0.169. The highest BCUT2D eigenvalue weighted by Gasteiger charge is 2.22. The average molecular weight is 303 g/mol. The molecule has 4 nitrogen and oxygen atoms in total. The number of hydrogen-bond donors (Lipinski definition) is 0. The Bertz CT molecular complexity index is 605. The van der Waals surface area contributed by atoms with Crippen LogP contribution in [-0.2, 0) is 7.05 Å². The number of rotatable bonds is 5. The molecule has 0 N–H and O–H groups in total. The van der Waals surface area contributed by atoms with Crippen molar-refractivity contribution in [3.8, 4) is 5.75 Å². The summed E-state index contributed by atoms with van der Waals surface area (Å²) in [5.41, 5.74) is 1.32. The smallest absolute Gasteiger partial charge is 0.165 e. The molecule has 1 saturated heterocycles. The molecule has 0 spiro atoms. The maximum absolute atomic E-state index is 13.5. The molecule has 1 aromatic carbocycles. The molecular weight excluding hydrogens is 281 g/mol. The molecule has 0 atom stereocenters. The Balaban J connectivity index is 1.43. The van der Waals surface area contributed by atoms with Crippen LogP contribution in [-0.4, -0.2) is 40.9 Å². The van der Waals surface area contributed by atoms with E-state index in [0.29, 0.717) is 18.3 Å². The Morgan fingerprint density at radius 1 is 1.23 bits per heavy atom. The molecule has 1 aromatic heterocycles. The van der Waals surface area contributed by atoms with Crippen LogP contribution < -0.4 is 4.74 Å². The van der Waals surface area contributed by atoms with E-state index in [1.165, 1.54) is 11.8 Å². The first-order chi connectivity index (χ1) is 10.7. The zero-order valence-corrected chi connectivity index (χ0v) is 12.9. The summed E-state index contributed by atoms with van der Waals surface area (Å²) in [6.07, 6.45) is 4.14. The summed E-state index contributed by atoms with van der Waals surface area (Å²) in [4.78, 5) is 2.38. The molecule has 5 heteroatoms. The van der Waals surface area contributed by atoms with E-state index in [1.807, 2.05) is 17.9 Å². The van der Waals surface area contributed by atoms with Gasteiger partial charge in [0.05, 0.1) is 0 Å². The summed E-state index contributed by atoms with van der Waals surface area (Å²) >= 11 is 0. The van der Waals surface area contributed by atoms with Crippen molar-refractivity contribution < 1.29 is 9.13 Å². The molecular formula is C17H22FN3O. The third-order valence-electron chi connectivity index (χ3n) is 4.37. The van der Waals surface area contributed by atoms with Crippen molar-refractivity contribution in [3.05, 3.63) is 48.0 Å². The third kappa shape index (κ3) is 3.47. The van der Waals surface area contributed by atoms with E-state index >= 15 is 0 Å². The van der Waals surface area contributed by atoms with Crippen molar-refractivity contribution >= 4 is 0 Å². The number of ether oxygens (including phenoxy) is 1. The molecule has 0 amide bonds. The molecule has 118 valence electrons. The number of nitrogens with zero attached hydrogens (tertiary/aromatic N) is 3. The van der Waals surface area contributed by atoms with Crippen molar-refractivity contribution in [2.45, 2.75) is 18.8 Å². The molecule has 2 aromatic rings. The quantitative estimate of drug-likeness (QED) is 0.851. The van der Waals surface area contributed by atoms with Crippen LogP contribution in [0.2, 0.25) is 0 Å². The second kappa shape index (κ2) is 6.92. The van der Waals surface area contributed by atoms with E-state index in [9.17, 15) is 4.39 Å². The van der Waals surface area contributed by atoms with Crippen LogP contribution >= 0.6 is 0 Å². The van der Waals surface area contributed by atoms with Crippen LogP contribution in [0.1, 0.15) is 24.5 Å². The summed E-state index contributed by atoms with van der Waals surface area (Å²) in [5, 5.41) is 4.25. The maximum atomic E-state index is 13.5. The van der Waals surface area contributed by atoms with Gasteiger partial charge in [0.25, 0.3) is 0 Å². The van der Waals surface area contributed by atoms with E-state index in [4.69, 9.17) is 4.74 Å². The first kappa shape index (κ1) is 15.0. The number of piperidine rings is 1. The molecule has 2 heterocycles. The number of hydrogen-bond acceptors (Lipinski definition) is 3. The fourth-order valence-electron chi connectivity index (χ4n) is 3.08. The number of aryl methyl sites for hydroxylation is 1. The van der Waals surface area contributed by atoms with Crippen LogP contribution in [0.15, 0.2) is 36.5 Å². The lowest BCUT2D eigenvalue weighted by Crippen LogP contribution is -2.36. The highest BCUT2D eigenvalue weighted by atomic mass is 19.1. The van der Waals surface area contributed by atoms with Crippen LogP contribution in [0, 0.1) is 5.82 Å². The monoisotopic (exact) mass is 303 g/mol. The van der Waals surface area contributed by atoms with E-state index < -0.39 is 0 Å². The fraction of sp³-hybridized carbons (Fsp3) is 0.471. The van der Waals surface area contributed by atoms with E-state index in [2.05, 4.69) is 16.1 Å². The minimum absolute atomic E-state index is 0.294. The SMILES string of the molecule is Cn1nccc1C1CCN(CCOc2ccccc2F)CC1. The molecule has 0 saturated carbocycles. The standard InChI is InChI=1S/C17H22FN3O/c1-20-16(6-9-19-20)14-7-10-21(11-8-14)12-13-22-17-5-3-2-4-15(17)18/h2-6,9,14H,7-8,10-13H2,1H3. The summed E-state index contributed by atoms with van der Waals surface area (Å²) in [6, 6.07) is 8.67. The van der Waals surface area contributed by atoms with Gasteiger partial charge in [-0.25, -0.2) is 4.39 Å². The van der Waals surface area contributed by atoms with Crippen molar-refractivity contribution in [3.63, 3.8) is 0 Å². The molecule has 1 fully saturated rings. The Morgan fingerprint density at radius 2 is 2.00 bits per heavy atom. The number of likely N-dealkylation sites (tertiary alicyclic amines) is 1. The second-order valence-corrected chi connectivity index (χ2v) is 5.77. The maximum Gasteiger partial charge on any atom is 0.165 e. The third-order valence-corrected chi connectivity index (χ3v) is 4.37. The molecule has 0 unspecified atom stereocenters. The van der Waals surface area contributed by atoms with Crippen molar-refractivity contribution in [1.29, 1.82) is 0 Å². The number of halogens is 1. The molecule has 0 bridgehead atoms. The average Bonchev–Trinajstić information content (AvgIpc) is 2.96. The zero-order chi connectivity index (χ0) is 15.4. The minimum Gasteiger partial charge on any atom is -0.489 e. The van der Waals surface area contributed by atoms with Crippen LogP contribution in [0.3, 0.4) is 0 Å². The normalized spacial score (nSPS) is 16.8. The molecule has 3 rings (SSSR count). The Morgan fingerprint density at radius 3 is 2.68 bits per heavy atom. The van der Waals surface area contributed by atoms with Gasteiger partial charge >= 0.3 is 0 Å². The minimum atomic E-state index is -0.294. The van der Waals surface area contributed by atoms with Gasteiger partial charge in [0, 0.05) is 31.4 Å². The molecule has 1 aliphatic rings. The van der Waals surface area contributed by atoms with Crippen molar-refractivity contribution in [2.24, 2.45) is 7.05 Å². The number of aromatic nitrogens is 2. The molecule has 22 heavy (non-hydrogen) atoms. The topological polar surface area (TPSA) is 30.3 Å². The van der Waals surface area contributed by atoms with E-state index in [-0.39, 0.29) is 5.82 Å². The highest BCUT2D eigenvalue weighted by molar-refractivity contribution is 5.23. The summed E-state index contributed by atoms with van der Waals surface area (Å²) in [6.45, 7) is 3.47. The summed E-state index contributed by atoms with van der Waals surface area (Å²) < 4.78 is 21.0. The lowest BCUT2D eigenvalue weighted by Gasteiger charge is -2.31. The van der Waals surface area contributed by atoms with Crippen LogP contribution in [0.5, 0.6) is 5.75 Å². The van der Waals surface area contributed by atoms with Crippen LogP contribution in [0.25, 0.3) is 0 Å². The highest BCUT2D eigenvalue weighted by Crippen LogP contribution is 2.27. The largest absolute Gasteiger partial charge is 0.489 e. The van der Waals surface area contributed by atoms with Crippen LogP contribution in [0.4, 0.5) is 4.39 Å². The van der Waals surface area contributed by atoms with Gasteiger partial charge in [-0.15, -0.1) is 0 Å². The van der Waals surface area contributed by atoms with Gasteiger partial charge in [-0.2, -0.15) is 5.10 Å².